The third kappa shape index (κ3) is 3.36. The average molecular weight is 205 g/mol. The first-order valence-electron chi connectivity index (χ1n) is 4.25. The van der Waals surface area contributed by atoms with Crippen molar-refractivity contribution in [2.75, 3.05) is 13.7 Å². The molecule has 0 amide bonds. The number of aryl methyl sites for hydroxylation is 2. The number of ether oxygens (including phenoxy) is 1. The van der Waals surface area contributed by atoms with Crippen molar-refractivity contribution in [3.05, 3.63) is 17.0 Å². The molecule has 1 heterocycles. The van der Waals surface area contributed by atoms with Crippen LogP contribution in [0.1, 0.15) is 23.4 Å². The Morgan fingerprint density at radius 2 is 2.08 bits per heavy atom. The molecular weight excluding hydrogens is 188 g/mol. The van der Waals surface area contributed by atoms with Crippen molar-refractivity contribution in [1.29, 1.82) is 0 Å². The Morgan fingerprint density at radius 3 is 2.54 bits per heavy atom. The van der Waals surface area contributed by atoms with Gasteiger partial charge in [0.2, 0.25) is 0 Å². The summed E-state index contributed by atoms with van der Waals surface area (Å²) in [5.41, 5.74) is 3.64. The Morgan fingerprint density at radius 1 is 1.38 bits per heavy atom. The zero-order valence-electron chi connectivity index (χ0n) is 8.39. The molecule has 3 nitrogen and oxygen atoms in total. The summed E-state index contributed by atoms with van der Waals surface area (Å²) in [6, 6.07) is 0. The van der Waals surface area contributed by atoms with Gasteiger partial charge in [-0.2, -0.15) is 5.10 Å². The summed E-state index contributed by atoms with van der Waals surface area (Å²) >= 11 is 0. The van der Waals surface area contributed by atoms with E-state index in [0.29, 0.717) is 0 Å². The van der Waals surface area contributed by atoms with E-state index >= 15 is 0 Å². The molecule has 0 radical (unpaired) electrons. The van der Waals surface area contributed by atoms with Gasteiger partial charge in [-0.1, -0.05) is 0 Å². The van der Waals surface area contributed by atoms with Crippen LogP contribution in [0.15, 0.2) is 0 Å². The number of nitrogens with one attached hydrogen (secondary N) is 1. The molecule has 0 aliphatic heterocycles. The van der Waals surface area contributed by atoms with Gasteiger partial charge in [-0.3, -0.25) is 5.10 Å². The summed E-state index contributed by atoms with van der Waals surface area (Å²) in [6.07, 6.45) is 2.12. The van der Waals surface area contributed by atoms with Gasteiger partial charge >= 0.3 is 0 Å². The zero-order chi connectivity index (χ0) is 8.97. The molecule has 0 aliphatic rings. The summed E-state index contributed by atoms with van der Waals surface area (Å²) in [4.78, 5) is 0. The number of rotatable bonds is 4. The summed E-state index contributed by atoms with van der Waals surface area (Å²) in [6.45, 7) is 4.91. The number of hydrogen-bond donors (Lipinski definition) is 1. The predicted molar refractivity (Wildman–Crippen MR) is 55.5 cm³/mol. The van der Waals surface area contributed by atoms with Crippen LogP contribution in [0.5, 0.6) is 0 Å². The summed E-state index contributed by atoms with van der Waals surface area (Å²) < 4.78 is 4.99. The fourth-order valence-electron chi connectivity index (χ4n) is 1.34. The molecule has 4 heteroatoms. The molecule has 0 saturated carbocycles. The molecule has 0 spiro atoms. The van der Waals surface area contributed by atoms with Crippen molar-refractivity contribution >= 4 is 12.4 Å². The van der Waals surface area contributed by atoms with Crippen molar-refractivity contribution in [1.82, 2.24) is 10.2 Å². The maximum atomic E-state index is 4.99. The highest BCUT2D eigenvalue weighted by atomic mass is 35.5. The van der Waals surface area contributed by atoms with Crippen LogP contribution in [0, 0.1) is 13.8 Å². The molecule has 1 rings (SSSR count). The van der Waals surface area contributed by atoms with Crippen LogP contribution in [0.3, 0.4) is 0 Å². The van der Waals surface area contributed by atoms with E-state index in [9.17, 15) is 0 Å². The third-order valence-electron chi connectivity index (χ3n) is 2.06. The summed E-state index contributed by atoms with van der Waals surface area (Å²) in [7, 11) is 1.73. The molecule has 13 heavy (non-hydrogen) atoms. The summed E-state index contributed by atoms with van der Waals surface area (Å²) in [5.74, 6) is 0. The lowest BCUT2D eigenvalue weighted by Crippen LogP contribution is -1.94. The van der Waals surface area contributed by atoms with Gasteiger partial charge in [0.25, 0.3) is 0 Å². The van der Waals surface area contributed by atoms with Crippen LogP contribution >= 0.6 is 12.4 Å². The van der Waals surface area contributed by atoms with E-state index in [4.69, 9.17) is 4.74 Å². The molecule has 1 N–H and O–H groups in total. The highest BCUT2D eigenvalue weighted by Gasteiger charge is 2.04. The van der Waals surface area contributed by atoms with Crippen molar-refractivity contribution in [3.8, 4) is 0 Å². The fraction of sp³-hybridized carbons (Fsp3) is 0.667. The first-order valence-corrected chi connectivity index (χ1v) is 4.25. The van der Waals surface area contributed by atoms with Gasteiger partial charge in [0, 0.05) is 19.4 Å². The van der Waals surface area contributed by atoms with Gasteiger partial charge in [0.15, 0.2) is 0 Å². The van der Waals surface area contributed by atoms with E-state index in [2.05, 4.69) is 17.1 Å². The molecule has 0 bridgehead atoms. The van der Waals surface area contributed by atoms with Crippen LogP contribution in [-0.4, -0.2) is 23.9 Å². The number of aromatic nitrogens is 2. The molecule has 0 atom stereocenters. The smallest absolute Gasteiger partial charge is 0.0625 e. The minimum atomic E-state index is 0. The van der Waals surface area contributed by atoms with E-state index in [1.807, 2.05) is 6.92 Å². The largest absolute Gasteiger partial charge is 0.385 e. The van der Waals surface area contributed by atoms with E-state index in [1.54, 1.807) is 7.11 Å². The standard InChI is InChI=1S/C9H16N2O.ClH/c1-7-9(5-4-6-12-3)8(2)11-10-7;/h4-6H2,1-3H3,(H,10,11);1H. The quantitative estimate of drug-likeness (QED) is 0.763. The Kier molecular flexibility index (Phi) is 5.75. The minimum absolute atomic E-state index is 0. The van der Waals surface area contributed by atoms with Crippen LogP contribution in [0.25, 0.3) is 0 Å². The van der Waals surface area contributed by atoms with Crippen molar-refractivity contribution in [2.45, 2.75) is 26.7 Å². The molecule has 0 fully saturated rings. The highest BCUT2D eigenvalue weighted by Crippen LogP contribution is 2.11. The van der Waals surface area contributed by atoms with Gasteiger partial charge in [-0.15, -0.1) is 12.4 Å². The van der Waals surface area contributed by atoms with Gasteiger partial charge in [0.1, 0.15) is 0 Å². The Hall–Kier alpha value is -0.540. The molecular formula is C9H17ClN2O. The van der Waals surface area contributed by atoms with Crippen LogP contribution < -0.4 is 0 Å². The second-order valence-corrected chi connectivity index (χ2v) is 3.01. The molecule has 0 unspecified atom stereocenters. The van der Waals surface area contributed by atoms with E-state index in [0.717, 1.165) is 25.1 Å². The average Bonchev–Trinajstić information content (AvgIpc) is 2.35. The van der Waals surface area contributed by atoms with Gasteiger partial charge in [-0.25, -0.2) is 0 Å². The fourth-order valence-corrected chi connectivity index (χ4v) is 1.34. The second kappa shape index (κ2) is 6.00. The van der Waals surface area contributed by atoms with Gasteiger partial charge in [-0.05, 0) is 32.3 Å². The number of methoxy groups -OCH3 is 1. The molecule has 0 saturated heterocycles. The molecule has 1 aromatic heterocycles. The van der Waals surface area contributed by atoms with Crippen molar-refractivity contribution < 1.29 is 4.74 Å². The number of aromatic amines is 1. The third-order valence-corrected chi connectivity index (χ3v) is 2.06. The maximum absolute atomic E-state index is 4.99. The second-order valence-electron chi connectivity index (χ2n) is 3.01. The molecule has 76 valence electrons. The lowest BCUT2D eigenvalue weighted by Gasteiger charge is -1.99. The predicted octanol–water partition coefficient (Wildman–Crippen LogP) is 2.03. The van der Waals surface area contributed by atoms with Gasteiger partial charge in [0.05, 0.1) is 5.69 Å². The Bertz CT molecular complexity index is 228. The zero-order valence-corrected chi connectivity index (χ0v) is 9.20. The Balaban J connectivity index is 0.00000144. The number of hydrogen-bond acceptors (Lipinski definition) is 2. The molecule has 0 aromatic carbocycles. The van der Waals surface area contributed by atoms with Crippen LogP contribution in [0.2, 0.25) is 0 Å². The summed E-state index contributed by atoms with van der Waals surface area (Å²) in [5, 5.41) is 7.10. The lowest BCUT2D eigenvalue weighted by molar-refractivity contribution is 0.195. The van der Waals surface area contributed by atoms with E-state index < -0.39 is 0 Å². The Labute approximate surface area is 85.3 Å². The van der Waals surface area contributed by atoms with E-state index in [-0.39, 0.29) is 12.4 Å². The first kappa shape index (κ1) is 12.5. The highest BCUT2D eigenvalue weighted by molar-refractivity contribution is 5.85. The monoisotopic (exact) mass is 204 g/mol. The van der Waals surface area contributed by atoms with Crippen LogP contribution in [0.4, 0.5) is 0 Å². The van der Waals surface area contributed by atoms with Crippen molar-refractivity contribution in [3.63, 3.8) is 0 Å². The number of H-pyrrole nitrogens is 1. The van der Waals surface area contributed by atoms with Crippen molar-refractivity contribution in [2.24, 2.45) is 0 Å². The number of halogens is 1. The maximum Gasteiger partial charge on any atom is 0.0625 e. The van der Waals surface area contributed by atoms with E-state index in [1.165, 1.54) is 11.3 Å². The SMILES string of the molecule is COCCCc1c(C)n[nH]c1C.Cl. The number of nitrogens with zero attached hydrogens (tertiary/aromatic N) is 1. The minimum Gasteiger partial charge on any atom is -0.385 e. The van der Waals surface area contributed by atoms with Crippen LogP contribution in [-0.2, 0) is 11.2 Å². The molecule has 1 aromatic rings. The van der Waals surface area contributed by atoms with Gasteiger partial charge < -0.3 is 4.74 Å². The normalized spacial score (nSPS) is 9.77. The lowest BCUT2D eigenvalue weighted by atomic mass is 10.1. The topological polar surface area (TPSA) is 37.9 Å². The first-order chi connectivity index (χ1) is 5.75. The molecule has 0 aliphatic carbocycles.